The van der Waals surface area contributed by atoms with Gasteiger partial charge in [-0.1, -0.05) is 0 Å². The Morgan fingerprint density at radius 1 is 1.47 bits per heavy atom. The highest BCUT2D eigenvalue weighted by Gasteiger charge is 2.06. The third-order valence-electron chi connectivity index (χ3n) is 1.88. The van der Waals surface area contributed by atoms with E-state index >= 15 is 0 Å². The van der Waals surface area contributed by atoms with E-state index in [1.165, 1.54) is 11.8 Å². The van der Waals surface area contributed by atoms with Crippen molar-refractivity contribution >= 4 is 11.8 Å². The van der Waals surface area contributed by atoms with Crippen LogP contribution in [0.5, 0.6) is 0 Å². The van der Waals surface area contributed by atoms with Gasteiger partial charge in [0.1, 0.15) is 0 Å². The molecule has 1 aromatic heterocycles. The molecular formula is C10H15NO3S. The maximum atomic E-state index is 9.35. The van der Waals surface area contributed by atoms with E-state index in [1.54, 1.807) is 25.3 Å². The first-order valence-electron chi connectivity index (χ1n) is 4.69. The number of hydrogen-bond acceptors (Lipinski definition) is 5. The molecule has 4 nitrogen and oxygen atoms in total. The molecule has 0 aromatic carbocycles. The summed E-state index contributed by atoms with van der Waals surface area (Å²) in [6, 6.07) is 3.52. The molecule has 1 aromatic rings. The van der Waals surface area contributed by atoms with Gasteiger partial charge in [0, 0.05) is 11.9 Å². The Kier molecular flexibility index (Phi) is 5.04. The summed E-state index contributed by atoms with van der Waals surface area (Å²) in [6.45, 7) is 1.44. The summed E-state index contributed by atoms with van der Waals surface area (Å²) in [6.07, 6.45) is 0.373. The number of aliphatic hydroxyl groups is 3. The Bertz CT molecular complexity index is 306. The van der Waals surface area contributed by atoms with E-state index in [9.17, 15) is 5.11 Å². The lowest BCUT2D eigenvalue weighted by molar-refractivity contribution is 0.113. The van der Waals surface area contributed by atoms with Crippen LogP contribution in [0.4, 0.5) is 0 Å². The predicted molar refractivity (Wildman–Crippen MR) is 58.7 cm³/mol. The zero-order valence-electron chi connectivity index (χ0n) is 8.50. The lowest BCUT2D eigenvalue weighted by Gasteiger charge is -2.08. The van der Waals surface area contributed by atoms with Crippen LogP contribution in [0.3, 0.4) is 0 Å². The number of rotatable bonds is 5. The molecule has 0 amide bonds. The van der Waals surface area contributed by atoms with Crippen molar-refractivity contribution in [2.45, 2.75) is 24.2 Å². The minimum Gasteiger partial charge on any atom is -0.394 e. The maximum Gasteiger partial charge on any atom is 0.0964 e. The Hall–Kier alpha value is -0.620. The average Bonchev–Trinajstić information content (AvgIpc) is 2.26. The Balaban J connectivity index is 2.58. The van der Waals surface area contributed by atoms with Gasteiger partial charge >= 0.3 is 0 Å². The van der Waals surface area contributed by atoms with Gasteiger partial charge in [0.2, 0.25) is 0 Å². The average molecular weight is 229 g/mol. The highest BCUT2D eigenvalue weighted by Crippen LogP contribution is 2.20. The molecule has 3 N–H and O–H groups in total. The fourth-order valence-corrected chi connectivity index (χ4v) is 1.82. The molecule has 0 saturated heterocycles. The van der Waals surface area contributed by atoms with Gasteiger partial charge in [0.15, 0.2) is 0 Å². The minimum atomic E-state index is -0.730. The second-order valence-electron chi connectivity index (χ2n) is 3.25. The summed E-state index contributed by atoms with van der Waals surface area (Å²) in [7, 11) is 0. The summed E-state index contributed by atoms with van der Waals surface area (Å²) >= 11 is 1.35. The molecule has 0 bridgehead atoms. The third-order valence-corrected chi connectivity index (χ3v) is 2.95. The summed E-state index contributed by atoms with van der Waals surface area (Å²) < 4.78 is 0. The summed E-state index contributed by atoms with van der Waals surface area (Å²) in [5.74, 6) is 0.396. The van der Waals surface area contributed by atoms with E-state index in [0.29, 0.717) is 5.75 Å². The van der Waals surface area contributed by atoms with Crippen LogP contribution in [0.2, 0.25) is 0 Å². The number of aliphatic hydroxyl groups excluding tert-OH is 3. The first-order valence-corrected chi connectivity index (χ1v) is 5.67. The van der Waals surface area contributed by atoms with E-state index in [4.69, 9.17) is 10.2 Å². The Morgan fingerprint density at radius 3 is 2.80 bits per heavy atom. The molecule has 0 spiro atoms. The van der Waals surface area contributed by atoms with Crippen molar-refractivity contribution < 1.29 is 15.3 Å². The SMILES string of the molecule is C[C@H](O)c1ccnc(SCC(O)CO)c1. The number of thioether (sulfide) groups is 1. The summed E-state index contributed by atoms with van der Waals surface area (Å²) in [4.78, 5) is 4.09. The normalized spacial score (nSPS) is 14.9. The van der Waals surface area contributed by atoms with Gasteiger partial charge in [-0.05, 0) is 24.6 Å². The molecule has 1 heterocycles. The second kappa shape index (κ2) is 6.07. The van der Waals surface area contributed by atoms with Crippen molar-refractivity contribution in [3.8, 4) is 0 Å². The topological polar surface area (TPSA) is 73.6 Å². The monoisotopic (exact) mass is 229 g/mol. The van der Waals surface area contributed by atoms with Crippen molar-refractivity contribution in [1.29, 1.82) is 0 Å². The lowest BCUT2D eigenvalue weighted by atomic mass is 10.2. The fraction of sp³-hybridized carbons (Fsp3) is 0.500. The molecule has 0 saturated carbocycles. The van der Waals surface area contributed by atoms with Gasteiger partial charge in [-0.15, -0.1) is 11.8 Å². The van der Waals surface area contributed by atoms with Crippen LogP contribution in [0.1, 0.15) is 18.6 Å². The number of nitrogens with zero attached hydrogens (tertiary/aromatic N) is 1. The third kappa shape index (κ3) is 4.17. The van der Waals surface area contributed by atoms with E-state index in [-0.39, 0.29) is 6.61 Å². The van der Waals surface area contributed by atoms with Gasteiger partial charge in [-0.3, -0.25) is 0 Å². The van der Waals surface area contributed by atoms with Crippen molar-refractivity contribution in [2.24, 2.45) is 0 Å². The van der Waals surface area contributed by atoms with E-state index in [0.717, 1.165) is 10.6 Å². The summed E-state index contributed by atoms with van der Waals surface area (Å²) in [5, 5.41) is 27.9. The van der Waals surface area contributed by atoms with Crippen molar-refractivity contribution in [3.63, 3.8) is 0 Å². The zero-order valence-corrected chi connectivity index (χ0v) is 9.31. The molecule has 5 heteroatoms. The van der Waals surface area contributed by atoms with Gasteiger partial charge in [-0.25, -0.2) is 4.98 Å². The second-order valence-corrected chi connectivity index (χ2v) is 4.29. The molecule has 0 aliphatic heterocycles. The number of aromatic nitrogens is 1. The number of hydrogen-bond donors (Lipinski definition) is 3. The van der Waals surface area contributed by atoms with Gasteiger partial charge in [0.05, 0.1) is 23.8 Å². The molecule has 0 aliphatic carbocycles. The highest BCUT2D eigenvalue weighted by atomic mass is 32.2. The summed E-state index contributed by atoms with van der Waals surface area (Å²) in [5.41, 5.74) is 0.797. The van der Waals surface area contributed by atoms with Crippen molar-refractivity contribution in [1.82, 2.24) is 4.98 Å². The van der Waals surface area contributed by atoms with Crippen LogP contribution < -0.4 is 0 Å². The zero-order chi connectivity index (χ0) is 11.3. The standard InChI is InChI=1S/C10H15NO3S/c1-7(13)8-2-3-11-10(4-8)15-6-9(14)5-12/h2-4,7,9,12-14H,5-6H2,1H3/t7-,9?/m0/s1. The Morgan fingerprint density at radius 2 is 2.20 bits per heavy atom. The molecule has 0 radical (unpaired) electrons. The largest absolute Gasteiger partial charge is 0.394 e. The van der Waals surface area contributed by atoms with Gasteiger partial charge < -0.3 is 15.3 Å². The molecule has 84 valence electrons. The smallest absolute Gasteiger partial charge is 0.0964 e. The lowest BCUT2D eigenvalue weighted by Crippen LogP contribution is -2.14. The maximum absolute atomic E-state index is 9.35. The molecule has 0 fully saturated rings. The molecular weight excluding hydrogens is 214 g/mol. The van der Waals surface area contributed by atoms with E-state index in [2.05, 4.69) is 4.98 Å². The Labute approximate surface area is 93.0 Å². The molecule has 1 unspecified atom stereocenters. The predicted octanol–water partition coefficient (Wildman–Crippen LogP) is 0.580. The van der Waals surface area contributed by atoms with Crippen LogP contribution in [0.25, 0.3) is 0 Å². The molecule has 15 heavy (non-hydrogen) atoms. The molecule has 1 rings (SSSR count). The quantitative estimate of drug-likeness (QED) is 0.644. The van der Waals surface area contributed by atoms with Crippen LogP contribution >= 0.6 is 11.8 Å². The minimum absolute atomic E-state index is 0.247. The van der Waals surface area contributed by atoms with E-state index < -0.39 is 12.2 Å². The number of pyridine rings is 1. The molecule has 0 aliphatic rings. The van der Waals surface area contributed by atoms with Crippen molar-refractivity contribution in [3.05, 3.63) is 23.9 Å². The van der Waals surface area contributed by atoms with Gasteiger partial charge in [-0.2, -0.15) is 0 Å². The van der Waals surface area contributed by atoms with Crippen LogP contribution in [-0.2, 0) is 0 Å². The van der Waals surface area contributed by atoms with Crippen LogP contribution in [0, 0.1) is 0 Å². The van der Waals surface area contributed by atoms with Gasteiger partial charge in [0.25, 0.3) is 0 Å². The molecule has 2 atom stereocenters. The highest BCUT2D eigenvalue weighted by molar-refractivity contribution is 7.99. The van der Waals surface area contributed by atoms with Crippen molar-refractivity contribution in [2.75, 3.05) is 12.4 Å². The van der Waals surface area contributed by atoms with E-state index in [1.807, 2.05) is 0 Å². The van der Waals surface area contributed by atoms with Crippen LogP contribution in [0.15, 0.2) is 23.4 Å². The fourth-order valence-electron chi connectivity index (χ4n) is 0.998. The first-order chi connectivity index (χ1) is 7.13. The first kappa shape index (κ1) is 12.4. The van der Waals surface area contributed by atoms with Crippen LogP contribution in [-0.4, -0.2) is 38.8 Å².